The van der Waals surface area contributed by atoms with Crippen LogP contribution in [0.15, 0.2) is 78.3 Å². The number of nitrogens with one attached hydrogen (secondary N) is 2. The summed E-state index contributed by atoms with van der Waals surface area (Å²) < 4.78 is 1.81. The fraction of sp³-hybridized carbons (Fsp3) is 0.0500. The third-order valence-corrected chi connectivity index (χ3v) is 4.08. The van der Waals surface area contributed by atoms with Crippen LogP contribution in [-0.2, 0) is 6.54 Å². The topological polar surface area (TPSA) is 75.1 Å². The molecule has 2 N–H and O–H groups in total. The Morgan fingerprint density at radius 2 is 2.12 bits per heavy atom. The number of hydrogen-bond acceptors (Lipinski definition) is 3. The van der Waals surface area contributed by atoms with E-state index >= 15 is 0 Å². The molecule has 0 aliphatic heterocycles. The Hall–Kier alpha value is -3.67. The van der Waals surface area contributed by atoms with Gasteiger partial charge in [-0.3, -0.25) is 9.48 Å². The summed E-state index contributed by atoms with van der Waals surface area (Å²) in [5, 5.41) is 9.32. The molecule has 0 saturated carbocycles. The van der Waals surface area contributed by atoms with E-state index in [1.54, 1.807) is 18.5 Å². The largest absolute Gasteiger partial charge is 0.361 e. The Kier molecular flexibility index (Phi) is 4.30. The van der Waals surface area contributed by atoms with Crippen LogP contribution in [0.2, 0.25) is 0 Å². The van der Waals surface area contributed by atoms with Gasteiger partial charge in [0.2, 0.25) is 0 Å². The number of rotatable bonds is 5. The monoisotopic (exact) mass is 343 g/mol. The lowest BCUT2D eigenvalue weighted by atomic mass is 10.1. The zero-order valence-electron chi connectivity index (χ0n) is 14.0. The molecule has 2 aromatic heterocycles. The second-order valence-corrected chi connectivity index (χ2v) is 5.89. The van der Waals surface area contributed by atoms with Gasteiger partial charge in [0.1, 0.15) is 0 Å². The average Bonchev–Trinajstić information content (AvgIpc) is 3.32. The van der Waals surface area contributed by atoms with Gasteiger partial charge in [-0.15, -0.1) is 0 Å². The van der Waals surface area contributed by atoms with Crippen LogP contribution >= 0.6 is 0 Å². The number of para-hydroxylation sites is 1. The summed E-state index contributed by atoms with van der Waals surface area (Å²) in [4.78, 5) is 15.5. The van der Waals surface area contributed by atoms with E-state index in [-0.39, 0.29) is 5.91 Å². The van der Waals surface area contributed by atoms with Crippen LogP contribution in [0.4, 0.5) is 0 Å². The highest BCUT2D eigenvalue weighted by Gasteiger charge is 2.06. The van der Waals surface area contributed by atoms with Gasteiger partial charge in [-0.1, -0.05) is 30.3 Å². The molecule has 6 nitrogen and oxygen atoms in total. The first-order valence-electron chi connectivity index (χ1n) is 8.25. The van der Waals surface area contributed by atoms with Crippen molar-refractivity contribution in [1.82, 2.24) is 20.2 Å². The fourth-order valence-electron chi connectivity index (χ4n) is 2.82. The number of benzene rings is 2. The van der Waals surface area contributed by atoms with E-state index in [0.29, 0.717) is 12.1 Å². The Labute approximate surface area is 150 Å². The molecule has 1 amide bonds. The molecule has 2 heterocycles. The highest BCUT2D eigenvalue weighted by atomic mass is 16.2. The number of nitrogens with zero attached hydrogens (tertiary/aromatic N) is 3. The number of aromatic amines is 1. The molecule has 4 rings (SSSR count). The zero-order valence-corrected chi connectivity index (χ0v) is 14.0. The van der Waals surface area contributed by atoms with Crippen LogP contribution in [0.25, 0.3) is 10.9 Å². The van der Waals surface area contributed by atoms with Crippen molar-refractivity contribution in [3.63, 3.8) is 0 Å². The van der Waals surface area contributed by atoms with Gasteiger partial charge in [0.05, 0.1) is 12.8 Å². The van der Waals surface area contributed by atoms with E-state index in [4.69, 9.17) is 0 Å². The van der Waals surface area contributed by atoms with Crippen molar-refractivity contribution in [1.29, 1.82) is 0 Å². The van der Waals surface area contributed by atoms with Gasteiger partial charge in [-0.05, 0) is 29.8 Å². The number of carbonyl (C=O) groups excluding carboxylic acids is 1. The minimum absolute atomic E-state index is 0.247. The Morgan fingerprint density at radius 1 is 1.19 bits per heavy atom. The molecule has 0 saturated heterocycles. The highest BCUT2D eigenvalue weighted by Crippen LogP contribution is 2.15. The molecule has 6 heteroatoms. The Bertz CT molecular complexity index is 1060. The summed E-state index contributed by atoms with van der Waals surface area (Å²) in [5.41, 5.74) is 6.10. The predicted octanol–water partition coefficient (Wildman–Crippen LogP) is 3.18. The van der Waals surface area contributed by atoms with Crippen molar-refractivity contribution >= 4 is 23.0 Å². The van der Waals surface area contributed by atoms with Gasteiger partial charge in [0.15, 0.2) is 0 Å². The lowest BCUT2D eigenvalue weighted by Gasteiger charge is -2.05. The van der Waals surface area contributed by atoms with Crippen LogP contribution in [0, 0.1) is 0 Å². The Morgan fingerprint density at radius 3 is 3.00 bits per heavy atom. The molecule has 4 aromatic rings. The molecular formula is C20H17N5O. The minimum atomic E-state index is -0.247. The van der Waals surface area contributed by atoms with Crippen molar-refractivity contribution in [2.45, 2.75) is 6.54 Å². The number of aromatic nitrogens is 3. The third kappa shape index (κ3) is 3.39. The van der Waals surface area contributed by atoms with E-state index in [9.17, 15) is 4.79 Å². The quantitative estimate of drug-likeness (QED) is 0.431. The van der Waals surface area contributed by atoms with E-state index in [1.807, 2.05) is 65.6 Å². The van der Waals surface area contributed by atoms with Crippen molar-refractivity contribution in [3.8, 4) is 0 Å². The van der Waals surface area contributed by atoms with Crippen LogP contribution in [0.3, 0.4) is 0 Å². The first-order chi connectivity index (χ1) is 12.8. The van der Waals surface area contributed by atoms with Gasteiger partial charge >= 0.3 is 0 Å². The molecule has 0 fully saturated rings. The molecule has 26 heavy (non-hydrogen) atoms. The van der Waals surface area contributed by atoms with Crippen LogP contribution < -0.4 is 5.43 Å². The number of hydrazone groups is 1. The predicted molar refractivity (Wildman–Crippen MR) is 101 cm³/mol. The molecule has 128 valence electrons. The summed E-state index contributed by atoms with van der Waals surface area (Å²) >= 11 is 0. The van der Waals surface area contributed by atoms with Crippen molar-refractivity contribution < 1.29 is 4.79 Å². The van der Waals surface area contributed by atoms with E-state index in [0.717, 1.165) is 22.0 Å². The lowest BCUT2D eigenvalue weighted by Crippen LogP contribution is -2.17. The van der Waals surface area contributed by atoms with Gasteiger partial charge < -0.3 is 4.98 Å². The van der Waals surface area contributed by atoms with Crippen LogP contribution in [0.5, 0.6) is 0 Å². The van der Waals surface area contributed by atoms with Crippen molar-refractivity contribution in [2.24, 2.45) is 5.10 Å². The summed E-state index contributed by atoms with van der Waals surface area (Å²) in [6.45, 7) is 0.618. The molecule has 0 atom stereocenters. The Balaban J connectivity index is 1.45. The molecule has 0 aliphatic carbocycles. The van der Waals surface area contributed by atoms with Gasteiger partial charge in [-0.25, -0.2) is 5.43 Å². The normalized spacial score (nSPS) is 11.2. The number of fused-ring (bicyclic) bond motifs is 1. The number of amides is 1. The van der Waals surface area contributed by atoms with Gasteiger partial charge in [-0.2, -0.15) is 10.2 Å². The van der Waals surface area contributed by atoms with E-state index in [2.05, 4.69) is 20.6 Å². The van der Waals surface area contributed by atoms with Crippen LogP contribution in [-0.4, -0.2) is 26.9 Å². The van der Waals surface area contributed by atoms with Gasteiger partial charge in [0, 0.05) is 40.6 Å². The summed E-state index contributed by atoms with van der Waals surface area (Å²) in [6.07, 6.45) is 7.13. The molecule has 0 aliphatic rings. The van der Waals surface area contributed by atoms with Gasteiger partial charge in [0.25, 0.3) is 5.91 Å². The fourth-order valence-corrected chi connectivity index (χ4v) is 2.82. The molecule has 0 spiro atoms. The standard InChI is InChI=1S/C20H17N5O/c26-20(16-6-3-5-15(11-16)14-25-10-4-9-23-25)24-22-13-17-12-21-19-8-2-1-7-18(17)19/h1-13,21H,14H2,(H,24,26). The second kappa shape index (κ2) is 7.06. The smallest absolute Gasteiger partial charge is 0.271 e. The number of carbonyl (C=O) groups is 1. The van der Waals surface area contributed by atoms with Crippen molar-refractivity contribution in [3.05, 3.63) is 89.9 Å². The number of H-pyrrole nitrogens is 1. The molecule has 0 bridgehead atoms. The molecule has 2 aromatic carbocycles. The maximum atomic E-state index is 12.3. The molecule has 0 unspecified atom stereocenters. The molecule has 0 radical (unpaired) electrons. The average molecular weight is 343 g/mol. The highest BCUT2D eigenvalue weighted by molar-refractivity contribution is 6.00. The number of hydrogen-bond donors (Lipinski definition) is 2. The van der Waals surface area contributed by atoms with E-state index in [1.165, 1.54) is 0 Å². The second-order valence-electron chi connectivity index (χ2n) is 5.89. The summed E-state index contributed by atoms with van der Waals surface area (Å²) in [6, 6.07) is 17.3. The third-order valence-electron chi connectivity index (χ3n) is 4.08. The maximum Gasteiger partial charge on any atom is 0.271 e. The molecular weight excluding hydrogens is 326 g/mol. The summed E-state index contributed by atoms with van der Waals surface area (Å²) in [7, 11) is 0. The van der Waals surface area contributed by atoms with Crippen molar-refractivity contribution in [2.75, 3.05) is 0 Å². The first-order valence-corrected chi connectivity index (χ1v) is 8.25. The summed E-state index contributed by atoms with van der Waals surface area (Å²) in [5.74, 6) is -0.247. The lowest BCUT2D eigenvalue weighted by molar-refractivity contribution is 0.0955. The first kappa shape index (κ1) is 15.8. The zero-order chi connectivity index (χ0) is 17.8. The maximum absolute atomic E-state index is 12.3. The van der Waals surface area contributed by atoms with E-state index < -0.39 is 0 Å². The SMILES string of the molecule is O=C(NN=Cc1c[nH]c2ccccc12)c1cccc(Cn2cccn2)c1. The minimum Gasteiger partial charge on any atom is -0.361 e. The van der Waals surface area contributed by atoms with Crippen LogP contribution in [0.1, 0.15) is 21.5 Å².